The number of amides is 2. The number of hydrogen-bond acceptors (Lipinski definition) is 11. The summed E-state index contributed by atoms with van der Waals surface area (Å²) in [5.74, 6) is 1.58. The maximum Gasteiger partial charge on any atom is 0.325 e. The van der Waals surface area contributed by atoms with Crippen LogP contribution in [-0.2, 0) is 9.53 Å². The molecule has 0 bridgehead atoms. The summed E-state index contributed by atoms with van der Waals surface area (Å²) < 4.78 is 10.9. The van der Waals surface area contributed by atoms with Gasteiger partial charge >= 0.3 is 12.0 Å². The maximum absolute atomic E-state index is 12.8. The third-order valence-corrected chi connectivity index (χ3v) is 6.72. The van der Waals surface area contributed by atoms with Crippen molar-refractivity contribution >= 4 is 29.6 Å². The number of nitrogens with zero attached hydrogens (tertiary/aromatic N) is 7. The first kappa shape index (κ1) is 27.3. The first-order chi connectivity index (χ1) is 18.4. The Kier molecular flexibility index (Phi) is 9.46. The van der Waals surface area contributed by atoms with Crippen LogP contribution in [0.1, 0.15) is 32.6 Å². The predicted molar refractivity (Wildman–Crippen MR) is 142 cm³/mol. The lowest BCUT2D eigenvalue weighted by atomic mass is 10.1. The number of esters is 1. The fraction of sp³-hybridized carbons (Fsp3) is 0.600. The van der Waals surface area contributed by atoms with E-state index in [1.165, 1.54) is 12.4 Å². The van der Waals surface area contributed by atoms with Crippen LogP contribution in [0, 0.1) is 0 Å². The van der Waals surface area contributed by atoms with Crippen molar-refractivity contribution in [1.29, 1.82) is 0 Å². The Morgan fingerprint density at radius 1 is 1.11 bits per heavy atom. The molecule has 0 aliphatic carbocycles. The highest BCUT2D eigenvalue weighted by Crippen LogP contribution is 2.21. The quantitative estimate of drug-likeness (QED) is 0.462. The predicted octanol–water partition coefficient (Wildman–Crippen LogP) is 1.85. The second-order valence-electron chi connectivity index (χ2n) is 9.54. The van der Waals surface area contributed by atoms with E-state index in [1.54, 1.807) is 24.2 Å². The van der Waals surface area contributed by atoms with Gasteiger partial charge in [0.2, 0.25) is 11.8 Å². The zero-order valence-corrected chi connectivity index (χ0v) is 22.3. The molecule has 13 nitrogen and oxygen atoms in total. The minimum absolute atomic E-state index is 0.0255. The molecule has 2 aromatic rings. The molecule has 4 rings (SSSR count). The summed E-state index contributed by atoms with van der Waals surface area (Å²) in [4.78, 5) is 48.4. The summed E-state index contributed by atoms with van der Waals surface area (Å²) >= 11 is 0. The lowest BCUT2D eigenvalue weighted by molar-refractivity contribution is -0.148. The number of aromatic nitrogens is 4. The molecule has 2 aliphatic heterocycles. The number of likely N-dealkylation sites (N-methyl/N-ethyl adjacent to an activating group) is 1. The van der Waals surface area contributed by atoms with Crippen molar-refractivity contribution in [3.63, 3.8) is 0 Å². The molecule has 0 aromatic carbocycles. The average molecular weight is 528 g/mol. The summed E-state index contributed by atoms with van der Waals surface area (Å²) in [6, 6.07) is 1.42. The average Bonchev–Trinajstić information content (AvgIpc) is 2.94. The SMILES string of the molecule is CCOc1cnc(NC(=O)N(C)[C@@H]2CCCN(c3nccc(NCC(=O)OC4CCN(C)CC4)n3)C2)cn1. The Morgan fingerprint density at radius 2 is 1.92 bits per heavy atom. The molecule has 0 radical (unpaired) electrons. The molecule has 2 aromatic heterocycles. The highest BCUT2D eigenvalue weighted by atomic mass is 16.5. The Hall–Kier alpha value is -3.74. The number of carbonyl (C=O) groups is 2. The van der Waals surface area contributed by atoms with Gasteiger partial charge < -0.3 is 29.5 Å². The van der Waals surface area contributed by atoms with Crippen LogP contribution in [0.15, 0.2) is 24.7 Å². The standard InChI is InChI=1S/C25H37N9O4/c1-4-37-22-15-27-21(14-29-22)31-25(36)33(3)18-6-5-11-34(17-18)24-26-10-7-20(30-24)28-16-23(35)38-19-8-12-32(2)13-9-19/h7,10,14-15,18-19H,4-6,8-9,11-13,16-17H2,1-3H3,(H,26,28,30)(H,27,31,36)/t18-/m1/s1. The number of carbonyl (C=O) groups excluding carboxylic acids is 2. The zero-order valence-electron chi connectivity index (χ0n) is 22.3. The summed E-state index contributed by atoms with van der Waals surface area (Å²) in [7, 11) is 3.84. The van der Waals surface area contributed by atoms with Crippen LogP contribution in [0.4, 0.5) is 22.4 Å². The van der Waals surface area contributed by atoms with Gasteiger partial charge in [-0.05, 0) is 45.7 Å². The van der Waals surface area contributed by atoms with Gasteiger partial charge in [0.05, 0.1) is 25.0 Å². The summed E-state index contributed by atoms with van der Waals surface area (Å²) in [5.41, 5.74) is 0. The fourth-order valence-electron chi connectivity index (χ4n) is 4.51. The van der Waals surface area contributed by atoms with Gasteiger partial charge in [0.25, 0.3) is 0 Å². The molecule has 13 heteroatoms. The van der Waals surface area contributed by atoms with Gasteiger partial charge in [-0.25, -0.2) is 19.7 Å². The van der Waals surface area contributed by atoms with Crippen LogP contribution in [0.25, 0.3) is 0 Å². The largest absolute Gasteiger partial charge is 0.477 e. The topological polar surface area (TPSA) is 138 Å². The Bertz CT molecular complexity index is 1060. The van der Waals surface area contributed by atoms with E-state index in [9.17, 15) is 9.59 Å². The van der Waals surface area contributed by atoms with Crippen LogP contribution in [0.3, 0.4) is 0 Å². The number of urea groups is 1. The van der Waals surface area contributed by atoms with Gasteiger partial charge in [0, 0.05) is 39.4 Å². The summed E-state index contributed by atoms with van der Waals surface area (Å²) in [5, 5.41) is 5.84. The minimum atomic E-state index is -0.289. The third-order valence-electron chi connectivity index (χ3n) is 6.72. The van der Waals surface area contributed by atoms with Crippen molar-refractivity contribution in [2.24, 2.45) is 0 Å². The molecule has 2 fully saturated rings. The normalized spacial score (nSPS) is 18.5. The molecule has 206 valence electrons. The van der Waals surface area contributed by atoms with Gasteiger partial charge in [-0.1, -0.05) is 0 Å². The van der Waals surface area contributed by atoms with Crippen LogP contribution < -0.4 is 20.3 Å². The second-order valence-corrected chi connectivity index (χ2v) is 9.54. The Morgan fingerprint density at radius 3 is 2.66 bits per heavy atom. The van der Waals surface area contributed by atoms with E-state index in [0.29, 0.717) is 36.6 Å². The van der Waals surface area contributed by atoms with Gasteiger partial charge in [-0.3, -0.25) is 10.1 Å². The van der Waals surface area contributed by atoms with Crippen molar-refractivity contribution in [3.8, 4) is 5.88 Å². The molecular weight excluding hydrogens is 490 g/mol. The van der Waals surface area contributed by atoms with Crippen molar-refractivity contribution < 1.29 is 19.1 Å². The number of anilines is 3. The number of rotatable bonds is 9. The first-order valence-electron chi connectivity index (χ1n) is 13.1. The van der Waals surface area contributed by atoms with Crippen LogP contribution in [0.2, 0.25) is 0 Å². The Balaban J connectivity index is 1.27. The number of ether oxygens (including phenoxy) is 2. The molecule has 0 unspecified atom stereocenters. The first-order valence-corrected chi connectivity index (χ1v) is 13.1. The lowest BCUT2D eigenvalue weighted by Crippen LogP contribution is -2.50. The van der Waals surface area contributed by atoms with Crippen LogP contribution in [-0.4, -0.2) is 107 Å². The molecular formula is C25H37N9O4. The van der Waals surface area contributed by atoms with E-state index in [-0.39, 0.29) is 30.7 Å². The van der Waals surface area contributed by atoms with E-state index in [4.69, 9.17) is 9.47 Å². The summed E-state index contributed by atoms with van der Waals surface area (Å²) in [6.07, 6.45) is 8.05. The van der Waals surface area contributed by atoms with Crippen molar-refractivity contribution in [2.45, 2.75) is 44.8 Å². The number of piperidine rings is 2. The monoisotopic (exact) mass is 527 g/mol. The molecule has 0 spiro atoms. The van der Waals surface area contributed by atoms with E-state index in [0.717, 1.165) is 45.3 Å². The van der Waals surface area contributed by atoms with Gasteiger partial charge in [0.15, 0.2) is 5.82 Å². The second kappa shape index (κ2) is 13.2. The highest BCUT2D eigenvalue weighted by molar-refractivity contribution is 5.88. The molecule has 4 heterocycles. The minimum Gasteiger partial charge on any atom is -0.477 e. The molecule has 2 aliphatic rings. The molecule has 2 amide bonds. The molecule has 2 saturated heterocycles. The van der Waals surface area contributed by atoms with E-state index < -0.39 is 0 Å². The summed E-state index contributed by atoms with van der Waals surface area (Å²) in [6.45, 7) is 5.63. The van der Waals surface area contributed by atoms with Crippen molar-refractivity contribution in [2.75, 3.05) is 69.0 Å². The number of likely N-dealkylation sites (tertiary alicyclic amines) is 1. The zero-order chi connectivity index (χ0) is 26.9. The number of hydrogen-bond donors (Lipinski definition) is 2. The van der Waals surface area contributed by atoms with Gasteiger partial charge in [0.1, 0.15) is 18.5 Å². The van der Waals surface area contributed by atoms with E-state index in [1.807, 2.05) is 6.92 Å². The smallest absolute Gasteiger partial charge is 0.325 e. The number of nitrogens with one attached hydrogen (secondary N) is 2. The highest BCUT2D eigenvalue weighted by Gasteiger charge is 2.28. The van der Waals surface area contributed by atoms with Crippen LogP contribution in [0.5, 0.6) is 5.88 Å². The molecule has 2 N–H and O–H groups in total. The van der Waals surface area contributed by atoms with E-state index >= 15 is 0 Å². The van der Waals surface area contributed by atoms with Crippen molar-refractivity contribution in [3.05, 3.63) is 24.7 Å². The maximum atomic E-state index is 12.8. The van der Waals surface area contributed by atoms with Gasteiger partial charge in [-0.15, -0.1) is 0 Å². The molecule has 38 heavy (non-hydrogen) atoms. The van der Waals surface area contributed by atoms with Crippen LogP contribution >= 0.6 is 0 Å². The third kappa shape index (κ3) is 7.63. The van der Waals surface area contributed by atoms with Gasteiger partial charge in [-0.2, -0.15) is 4.98 Å². The van der Waals surface area contributed by atoms with E-state index in [2.05, 4.69) is 47.4 Å². The van der Waals surface area contributed by atoms with Crippen molar-refractivity contribution in [1.82, 2.24) is 29.7 Å². The Labute approximate surface area is 222 Å². The molecule has 1 atom stereocenters. The molecule has 0 saturated carbocycles. The fourth-order valence-corrected chi connectivity index (χ4v) is 4.51. The lowest BCUT2D eigenvalue weighted by Gasteiger charge is -2.37.